The Balaban J connectivity index is 1.39. The molecule has 2 aromatic heterocycles. The first kappa shape index (κ1) is 16.3. The summed E-state index contributed by atoms with van der Waals surface area (Å²) >= 11 is 0. The van der Waals surface area contributed by atoms with Crippen LogP contribution in [-0.4, -0.2) is 54.5 Å². The molecule has 1 saturated heterocycles. The van der Waals surface area contributed by atoms with Crippen LogP contribution in [0.15, 0.2) is 16.9 Å². The van der Waals surface area contributed by atoms with E-state index < -0.39 is 0 Å². The molecule has 2 aliphatic rings. The molecule has 0 spiro atoms. The highest BCUT2D eigenvalue weighted by atomic mass is 16.5. The quantitative estimate of drug-likeness (QED) is 0.786. The molecule has 3 heterocycles. The van der Waals surface area contributed by atoms with Gasteiger partial charge in [0, 0.05) is 51.4 Å². The van der Waals surface area contributed by atoms with Gasteiger partial charge in [-0.3, -0.25) is 9.69 Å². The first-order valence-corrected chi connectivity index (χ1v) is 8.88. The number of rotatable bonds is 6. The number of aromatic nitrogens is 4. The van der Waals surface area contributed by atoms with Gasteiger partial charge in [0.25, 0.3) is 0 Å². The zero-order valence-electron chi connectivity index (χ0n) is 14.8. The van der Waals surface area contributed by atoms with E-state index in [0.29, 0.717) is 18.3 Å². The molecule has 1 amide bonds. The van der Waals surface area contributed by atoms with Gasteiger partial charge < -0.3 is 14.0 Å². The van der Waals surface area contributed by atoms with E-state index in [1.807, 2.05) is 28.9 Å². The molecule has 4 rings (SSSR count). The minimum Gasteiger partial charge on any atom is -0.339 e. The third kappa shape index (κ3) is 3.58. The average molecular weight is 344 g/mol. The van der Waals surface area contributed by atoms with Gasteiger partial charge in [0.05, 0.1) is 13.1 Å². The van der Waals surface area contributed by atoms with E-state index in [-0.39, 0.29) is 11.9 Å². The lowest BCUT2D eigenvalue weighted by molar-refractivity contribution is -0.131. The molecule has 1 saturated carbocycles. The number of nitrogens with zero attached hydrogens (tertiary/aromatic N) is 6. The fourth-order valence-corrected chi connectivity index (χ4v) is 3.44. The number of hydrogen-bond donors (Lipinski definition) is 0. The van der Waals surface area contributed by atoms with Gasteiger partial charge in [0.15, 0.2) is 5.82 Å². The minimum atomic E-state index is 0.0570. The Morgan fingerprint density at radius 1 is 1.40 bits per heavy atom. The van der Waals surface area contributed by atoms with Crippen LogP contribution in [0.1, 0.15) is 49.6 Å². The molecule has 2 aromatic rings. The molecule has 2 fully saturated rings. The van der Waals surface area contributed by atoms with Crippen molar-refractivity contribution in [2.75, 3.05) is 13.1 Å². The van der Waals surface area contributed by atoms with Crippen molar-refractivity contribution >= 4 is 5.91 Å². The highest BCUT2D eigenvalue weighted by Crippen LogP contribution is 2.38. The fourth-order valence-electron chi connectivity index (χ4n) is 3.44. The summed E-state index contributed by atoms with van der Waals surface area (Å²) in [5, 5.41) is 4.06. The van der Waals surface area contributed by atoms with E-state index in [0.717, 1.165) is 50.6 Å². The van der Waals surface area contributed by atoms with Gasteiger partial charge in [-0.1, -0.05) is 5.16 Å². The molecule has 134 valence electrons. The Kier molecular flexibility index (Phi) is 4.29. The summed E-state index contributed by atoms with van der Waals surface area (Å²) in [6.45, 7) is 4.65. The molecule has 8 nitrogen and oxygen atoms in total. The second kappa shape index (κ2) is 6.59. The Hall–Kier alpha value is -2.22. The summed E-state index contributed by atoms with van der Waals surface area (Å²) in [5.41, 5.74) is 0. The molecule has 0 N–H and O–H groups in total. The maximum Gasteiger partial charge on any atom is 0.229 e. The number of likely N-dealkylation sites (tertiary alicyclic amines) is 1. The van der Waals surface area contributed by atoms with Crippen molar-refractivity contribution in [1.29, 1.82) is 0 Å². The molecule has 0 radical (unpaired) electrons. The van der Waals surface area contributed by atoms with E-state index >= 15 is 0 Å². The lowest BCUT2D eigenvalue weighted by Gasteiger charge is -2.27. The normalized spacial score (nSPS) is 21.0. The highest BCUT2D eigenvalue weighted by Gasteiger charge is 2.32. The Morgan fingerprint density at radius 2 is 2.24 bits per heavy atom. The van der Waals surface area contributed by atoms with Crippen molar-refractivity contribution in [3.05, 3.63) is 29.9 Å². The maximum absolute atomic E-state index is 12.2. The van der Waals surface area contributed by atoms with Crippen LogP contribution in [0.3, 0.4) is 0 Å². The van der Waals surface area contributed by atoms with Crippen molar-refractivity contribution < 1.29 is 9.32 Å². The van der Waals surface area contributed by atoms with E-state index in [1.54, 1.807) is 6.92 Å². The van der Waals surface area contributed by atoms with E-state index in [2.05, 4.69) is 20.0 Å². The third-order valence-electron chi connectivity index (χ3n) is 5.10. The summed E-state index contributed by atoms with van der Waals surface area (Å²) in [6, 6.07) is 0.181. The average Bonchev–Trinajstić information content (AvgIpc) is 2.96. The van der Waals surface area contributed by atoms with Crippen LogP contribution in [0.5, 0.6) is 0 Å². The topological polar surface area (TPSA) is 80.3 Å². The Bertz CT molecular complexity index is 750. The largest absolute Gasteiger partial charge is 0.339 e. The summed E-state index contributed by atoms with van der Waals surface area (Å²) in [5.74, 6) is 2.87. The minimum absolute atomic E-state index is 0.0570. The predicted molar refractivity (Wildman–Crippen MR) is 89.4 cm³/mol. The van der Waals surface area contributed by atoms with Gasteiger partial charge >= 0.3 is 0 Å². The monoisotopic (exact) mass is 344 g/mol. The van der Waals surface area contributed by atoms with Gasteiger partial charge in [0.1, 0.15) is 5.82 Å². The van der Waals surface area contributed by atoms with Crippen LogP contribution in [-0.2, 0) is 24.9 Å². The van der Waals surface area contributed by atoms with Gasteiger partial charge in [-0.15, -0.1) is 0 Å². The van der Waals surface area contributed by atoms with Crippen LogP contribution >= 0.6 is 0 Å². The molecule has 0 aromatic carbocycles. The molecular weight excluding hydrogens is 320 g/mol. The predicted octanol–water partition coefficient (Wildman–Crippen LogP) is 1.30. The van der Waals surface area contributed by atoms with Gasteiger partial charge in [-0.25, -0.2) is 4.98 Å². The summed E-state index contributed by atoms with van der Waals surface area (Å²) in [7, 11) is 2.01. The zero-order chi connectivity index (χ0) is 17.4. The zero-order valence-corrected chi connectivity index (χ0v) is 14.8. The van der Waals surface area contributed by atoms with Crippen molar-refractivity contribution in [2.24, 2.45) is 7.05 Å². The second-order valence-corrected chi connectivity index (χ2v) is 7.10. The SMILES string of the molecule is CC(=O)N(Cc1noc(C2CC2)n1)[C@@H]1CCN(Cc2nccn2C)C1. The third-order valence-corrected chi connectivity index (χ3v) is 5.10. The fraction of sp³-hybridized carbons (Fsp3) is 0.647. The standard InChI is InChI=1S/C17H24N6O2/c1-12(24)23(10-15-19-17(25-20-15)13-3-4-13)14-5-7-22(9-14)11-16-18-6-8-21(16)2/h6,8,13-14H,3-5,7,9-11H2,1-2H3/t14-/m1/s1. The number of aryl methyl sites for hydroxylation is 1. The van der Waals surface area contributed by atoms with Crippen LogP contribution in [0.2, 0.25) is 0 Å². The number of carbonyl (C=O) groups is 1. The summed E-state index contributed by atoms with van der Waals surface area (Å²) < 4.78 is 7.35. The summed E-state index contributed by atoms with van der Waals surface area (Å²) in [4.78, 5) is 25.2. The number of hydrogen-bond acceptors (Lipinski definition) is 6. The van der Waals surface area contributed by atoms with E-state index in [1.165, 1.54) is 0 Å². The molecular formula is C17H24N6O2. The molecule has 8 heteroatoms. The highest BCUT2D eigenvalue weighted by molar-refractivity contribution is 5.73. The van der Waals surface area contributed by atoms with Crippen molar-refractivity contribution in [3.8, 4) is 0 Å². The van der Waals surface area contributed by atoms with Gasteiger partial charge in [-0.05, 0) is 19.3 Å². The lowest BCUT2D eigenvalue weighted by atomic mass is 10.2. The van der Waals surface area contributed by atoms with Crippen molar-refractivity contribution in [1.82, 2.24) is 29.5 Å². The van der Waals surface area contributed by atoms with Crippen LogP contribution in [0.25, 0.3) is 0 Å². The van der Waals surface area contributed by atoms with Crippen molar-refractivity contribution in [3.63, 3.8) is 0 Å². The summed E-state index contributed by atoms with van der Waals surface area (Å²) in [6.07, 6.45) is 6.99. The second-order valence-electron chi connectivity index (χ2n) is 7.10. The first-order valence-electron chi connectivity index (χ1n) is 8.88. The lowest BCUT2D eigenvalue weighted by Crippen LogP contribution is -2.40. The Morgan fingerprint density at radius 3 is 2.92 bits per heavy atom. The Labute approximate surface area is 146 Å². The van der Waals surface area contributed by atoms with E-state index in [9.17, 15) is 4.79 Å². The van der Waals surface area contributed by atoms with Crippen molar-refractivity contribution in [2.45, 2.75) is 51.2 Å². The molecule has 0 bridgehead atoms. The van der Waals surface area contributed by atoms with Gasteiger partial charge in [0.2, 0.25) is 11.8 Å². The van der Waals surface area contributed by atoms with Crippen LogP contribution in [0.4, 0.5) is 0 Å². The molecule has 1 aliphatic heterocycles. The first-order chi connectivity index (χ1) is 12.1. The molecule has 1 aliphatic carbocycles. The molecule has 1 atom stereocenters. The van der Waals surface area contributed by atoms with Crippen LogP contribution in [0, 0.1) is 0 Å². The molecule has 0 unspecified atom stereocenters. The number of carbonyl (C=O) groups excluding carboxylic acids is 1. The number of amides is 1. The smallest absolute Gasteiger partial charge is 0.229 e. The maximum atomic E-state index is 12.2. The van der Waals surface area contributed by atoms with E-state index in [4.69, 9.17) is 4.52 Å². The number of imidazole rings is 1. The van der Waals surface area contributed by atoms with Gasteiger partial charge in [-0.2, -0.15) is 4.98 Å². The molecule has 25 heavy (non-hydrogen) atoms. The van der Waals surface area contributed by atoms with Crippen LogP contribution < -0.4 is 0 Å².